The lowest BCUT2D eigenvalue weighted by Gasteiger charge is -2.31. The molecular formula is C24H35N3OS. The molecule has 29 heavy (non-hydrogen) atoms. The summed E-state index contributed by atoms with van der Waals surface area (Å²) in [5.41, 5.74) is 3.67. The molecule has 2 heterocycles. The second kappa shape index (κ2) is 9.11. The predicted molar refractivity (Wildman–Crippen MR) is 123 cm³/mol. The van der Waals surface area contributed by atoms with Gasteiger partial charge in [0.1, 0.15) is 0 Å². The van der Waals surface area contributed by atoms with Gasteiger partial charge < -0.3 is 4.57 Å². The summed E-state index contributed by atoms with van der Waals surface area (Å²) < 4.78 is 2.31. The van der Waals surface area contributed by atoms with Crippen LogP contribution in [0.4, 0.5) is 0 Å². The smallest absolute Gasteiger partial charge is 0.267 e. The van der Waals surface area contributed by atoms with Gasteiger partial charge in [0.2, 0.25) is 0 Å². The zero-order valence-electron chi connectivity index (χ0n) is 18.2. The number of amidine groups is 1. The molecule has 3 fully saturated rings. The van der Waals surface area contributed by atoms with Crippen molar-refractivity contribution >= 4 is 28.9 Å². The van der Waals surface area contributed by atoms with Crippen LogP contribution in [-0.2, 0) is 11.3 Å². The number of aromatic nitrogens is 1. The van der Waals surface area contributed by atoms with Gasteiger partial charge in [0, 0.05) is 24.0 Å². The zero-order valence-corrected chi connectivity index (χ0v) is 19.1. The van der Waals surface area contributed by atoms with E-state index in [-0.39, 0.29) is 5.91 Å². The highest BCUT2D eigenvalue weighted by Gasteiger charge is 2.39. The Kier molecular flexibility index (Phi) is 6.53. The van der Waals surface area contributed by atoms with E-state index in [0.717, 1.165) is 29.5 Å². The summed E-state index contributed by atoms with van der Waals surface area (Å²) in [6.07, 6.45) is 14.3. The molecule has 1 aromatic heterocycles. The normalized spacial score (nSPS) is 24.9. The van der Waals surface area contributed by atoms with Crippen LogP contribution in [0, 0.1) is 13.8 Å². The van der Waals surface area contributed by atoms with Crippen molar-refractivity contribution in [3.05, 3.63) is 27.9 Å². The molecule has 2 saturated carbocycles. The van der Waals surface area contributed by atoms with Gasteiger partial charge in [-0.15, -0.1) is 0 Å². The highest BCUT2D eigenvalue weighted by Crippen LogP contribution is 2.39. The summed E-state index contributed by atoms with van der Waals surface area (Å²) in [4.78, 5) is 21.5. The number of hydrogen-bond donors (Lipinski definition) is 0. The summed E-state index contributed by atoms with van der Waals surface area (Å²) in [5, 5.41) is 0.976. The second-order valence-corrected chi connectivity index (χ2v) is 9.86. The molecule has 1 aliphatic heterocycles. The second-order valence-electron chi connectivity index (χ2n) is 8.85. The van der Waals surface area contributed by atoms with E-state index in [1.165, 1.54) is 68.3 Å². The number of hydrogen-bond acceptors (Lipinski definition) is 3. The number of aryl methyl sites for hydroxylation is 1. The van der Waals surface area contributed by atoms with Crippen molar-refractivity contribution in [1.82, 2.24) is 9.47 Å². The molecular weight excluding hydrogens is 378 g/mol. The van der Waals surface area contributed by atoms with Crippen LogP contribution < -0.4 is 0 Å². The SMILES string of the molecule is CCn1c(C)cc(/C=C2\SC(=NC3CCCCC3)N(C3CCCCC3)C2=O)c1C. The van der Waals surface area contributed by atoms with Gasteiger partial charge in [-0.3, -0.25) is 14.7 Å². The number of thioether (sulfide) groups is 1. The van der Waals surface area contributed by atoms with Gasteiger partial charge in [0.15, 0.2) is 5.17 Å². The number of carbonyl (C=O) groups is 1. The predicted octanol–water partition coefficient (Wildman–Crippen LogP) is 6.06. The Bertz CT molecular complexity index is 810. The molecule has 0 spiro atoms. The molecule has 2 aliphatic carbocycles. The van der Waals surface area contributed by atoms with Crippen LogP contribution in [0.5, 0.6) is 0 Å². The first-order chi connectivity index (χ1) is 14.1. The minimum atomic E-state index is 0.178. The Morgan fingerprint density at radius 1 is 1.07 bits per heavy atom. The Balaban J connectivity index is 1.65. The van der Waals surface area contributed by atoms with Crippen molar-refractivity contribution in [2.75, 3.05) is 0 Å². The molecule has 0 atom stereocenters. The van der Waals surface area contributed by atoms with Crippen LogP contribution in [0.2, 0.25) is 0 Å². The van der Waals surface area contributed by atoms with Crippen LogP contribution in [0.15, 0.2) is 16.0 Å². The molecule has 1 aromatic rings. The molecule has 3 aliphatic rings. The maximum absolute atomic E-state index is 13.5. The molecule has 0 N–H and O–H groups in total. The van der Waals surface area contributed by atoms with Crippen molar-refractivity contribution in [2.45, 2.75) is 104 Å². The monoisotopic (exact) mass is 413 g/mol. The molecule has 4 nitrogen and oxygen atoms in total. The Labute approximate surface area is 179 Å². The van der Waals surface area contributed by atoms with Gasteiger partial charge >= 0.3 is 0 Å². The average Bonchev–Trinajstić information content (AvgIpc) is 3.18. The molecule has 4 rings (SSSR count). The fourth-order valence-corrected chi connectivity index (χ4v) is 6.31. The van der Waals surface area contributed by atoms with Crippen molar-refractivity contribution in [3.63, 3.8) is 0 Å². The molecule has 1 saturated heterocycles. The van der Waals surface area contributed by atoms with Crippen molar-refractivity contribution in [1.29, 1.82) is 0 Å². The number of carbonyl (C=O) groups excluding carboxylic acids is 1. The van der Waals surface area contributed by atoms with Crippen LogP contribution in [-0.4, -0.2) is 32.6 Å². The Morgan fingerprint density at radius 2 is 1.72 bits per heavy atom. The van der Waals surface area contributed by atoms with Gasteiger partial charge in [-0.2, -0.15) is 0 Å². The molecule has 0 radical (unpaired) electrons. The molecule has 0 aromatic carbocycles. The third-order valence-electron chi connectivity index (χ3n) is 6.86. The van der Waals surface area contributed by atoms with Crippen LogP contribution >= 0.6 is 11.8 Å². The maximum atomic E-state index is 13.5. The van der Waals surface area contributed by atoms with Crippen LogP contribution in [0.25, 0.3) is 6.08 Å². The van der Waals surface area contributed by atoms with E-state index in [1.807, 2.05) is 0 Å². The van der Waals surface area contributed by atoms with Gasteiger partial charge in [0.25, 0.3) is 5.91 Å². The Hall–Kier alpha value is -1.49. The van der Waals surface area contributed by atoms with Crippen molar-refractivity contribution in [2.24, 2.45) is 4.99 Å². The lowest BCUT2D eigenvalue weighted by Crippen LogP contribution is -2.41. The quantitative estimate of drug-likeness (QED) is 0.562. The number of amides is 1. The minimum Gasteiger partial charge on any atom is -0.349 e. The first-order valence-corrected chi connectivity index (χ1v) is 12.4. The molecule has 158 valence electrons. The zero-order chi connectivity index (χ0) is 20.4. The van der Waals surface area contributed by atoms with E-state index in [9.17, 15) is 4.79 Å². The van der Waals surface area contributed by atoms with E-state index in [4.69, 9.17) is 4.99 Å². The third-order valence-corrected chi connectivity index (χ3v) is 7.86. The van der Waals surface area contributed by atoms with E-state index in [2.05, 4.69) is 42.4 Å². The van der Waals surface area contributed by atoms with Gasteiger partial charge in [-0.25, -0.2) is 0 Å². The largest absolute Gasteiger partial charge is 0.349 e. The highest BCUT2D eigenvalue weighted by atomic mass is 32.2. The van der Waals surface area contributed by atoms with Crippen LogP contribution in [0.1, 0.15) is 88.1 Å². The standard InChI is InChI=1S/C24H35N3OS/c1-4-26-17(2)15-19(18(26)3)16-22-23(28)27(21-13-9-6-10-14-21)24(29-22)25-20-11-7-5-8-12-20/h15-16,20-21H,4-14H2,1-3H3/b22-16-,25-24?. The summed E-state index contributed by atoms with van der Waals surface area (Å²) in [7, 11) is 0. The maximum Gasteiger partial charge on any atom is 0.267 e. The van der Waals surface area contributed by atoms with E-state index < -0.39 is 0 Å². The molecule has 0 bridgehead atoms. The summed E-state index contributed by atoms with van der Waals surface area (Å²) in [6, 6.07) is 2.94. The van der Waals surface area contributed by atoms with Crippen molar-refractivity contribution in [3.8, 4) is 0 Å². The molecule has 5 heteroatoms. The molecule has 0 unspecified atom stereocenters. The lowest BCUT2D eigenvalue weighted by molar-refractivity contribution is -0.124. The van der Waals surface area contributed by atoms with Gasteiger partial charge in [0.05, 0.1) is 10.9 Å². The first kappa shape index (κ1) is 20.8. The van der Waals surface area contributed by atoms with E-state index >= 15 is 0 Å². The van der Waals surface area contributed by atoms with Gasteiger partial charge in [-0.05, 0) is 75.9 Å². The molecule has 1 amide bonds. The van der Waals surface area contributed by atoms with E-state index in [0.29, 0.717) is 12.1 Å². The first-order valence-electron chi connectivity index (χ1n) is 11.6. The summed E-state index contributed by atoms with van der Waals surface area (Å²) >= 11 is 1.62. The number of nitrogens with zero attached hydrogens (tertiary/aromatic N) is 3. The van der Waals surface area contributed by atoms with Crippen molar-refractivity contribution < 1.29 is 4.79 Å². The van der Waals surface area contributed by atoms with E-state index in [1.54, 1.807) is 11.8 Å². The highest BCUT2D eigenvalue weighted by molar-refractivity contribution is 8.18. The van der Waals surface area contributed by atoms with Crippen LogP contribution in [0.3, 0.4) is 0 Å². The topological polar surface area (TPSA) is 37.6 Å². The average molecular weight is 414 g/mol. The number of aliphatic imine (C=N–C) groups is 1. The third kappa shape index (κ3) is 4.35. The minimum absolute atomic E-state index is 0.178. The number of rotatable bonds is 4. The summed E-state index contributed by atoms with van der Waals surface area (Å²) in [6.45, 7) is 7.44. The Morgan fingerprint density at radius 3 is 2.34 bits per heavy atom. The fourth-order valence-electron chi connectivity index (χ4n) is 5.21. The van der Waals surface area contributed by atoms with Gasteiger partial charge in [-0.1, -0.05) is 38.5 Å². The lowest BCUT2D eigenvalue weighted by atomic mass is 9.94. The summed E-state index contributed by atoms with van der Waals surface area (Å²) in [5.74, 6) is 0.178. The fraction of sp³-hybridized carbons (Fsp3) is 0.667.